The minimum absolute atomic E-state index is 0.691. The van der Waals surface area contributed by atoms with Crippen LogP contribution in [0, 0.1) is 19.8 Å². The highest BCUT2D eigenvalue weighted by Gasteiger charge is 2.29. The van der Waals surface area contributed by atoms with Crippen LogP contribution in [0.1, 0.15) is 50.6 Å². The lowest BCUT2D eigenvalue weighted by atomic mass is 9.92. The molecule has 0 N–H and O–H groups in total. The van der Waals surface area contributed by atoms with Crippen molar-refractivity contribution in [3.63, 3.8) is 0 Å². The van der Waals surface area contributed by atoms with Gasteiger partial charge in [0, 0.05) is 36.9 Å². The first-order chi connectivity index (χ1) is 10.5. The number of likely N-dealkylation sites (tertiary alicyclic amines) is 1. The summed E-state index contributed by atoms with van der Waals surface area (Å²) in [6.07, 6.45) is 2.43. The van der Waals surface area contributed by atoms with Crippen LogP contribution in [0.5, 0.6) is 0 Å². The standard InChI is InChI=1S/C18H34N4/c1-7-10-22-16(5)17(15(4)19-22)13-20(6)18-9-11-21(8-2)12-14(18)3/h14,18H,7-13H2,1-6H3/t14-,18-/m0/s1. The van der Waals surface area contributed by atoms with Crippen LogP contribution in [0.15, 0.2) is 0 Å². The number of aryl methyl sites for hydroxylation is 2. The molecule has 0 aliphatic carbocycles. The first-order valence-corrected chi connectivity index (χ1v) is 8.93. The quantitative estimate of drug-likeness (QED) is 0.807. The second-order valence-electron chi connectivity index (χ2n) is 7.01. The number of aromatic nitrogens is 2. The average Bonchev–Trinajstić information content (AvgIpc) is 2.75. The molecule has 1 aromatic heterocycles. The van der Waals surface area contributed by atoms with Crippen molar-refractivity contribution >= 4 is 0 Å². The minimum Gasteiger partial charge on any atom is -0.303 e. The fraction of sp³-hybridized carbons (Fsp3) is 0.833. The molecule has 0 spiro atoms. The highest BCUT2D eigenvalue weighted by atomic mass is 15.3. The fourth-order valence-electron chi connectivity index (χ4n) is 3.92. The number of rotatable bonds is 6. The summed E-state index contributed by atoms with van der Waals surface area (Å²) in [7, 11) is 2.29. The van der Waals surface area contributed by atoms with Crippen molar-refractivity contribution in [3.05, 3.63) is 17.0 Å². The summed E-state index contributed by atoms with van der Waals surface area (Å²) < 4.78 is 2.18. The zero-order valence-corrected chi connectivity index (χ0v) is 15.4. The summed E-state index contributed by atoms with van der Waals surface area (Å²) in [5, 5.41) is 4.72. The molecule has 2 rings (SSSR count). The second-order valence-corrected chi connectivity index (χ2v) is 7.01. The first-order valence-electron chi connectivity index (χ1n) is 8.93. The Kier molecular flexibility index (Phi) is 6.04. The Morgan fingerprint density at radius 1 is 1.27 bits per heavy atom. The summed E-state index contributed by atoms with van der Waals surface area (Å²) in [6, 6.07) is 0.691. The van der Waals surface area contributed by atoms with Crippen molar-refractivity contribution in [2.75, 3.05) is 26.7 Å². The number of piperidine rings is 1. The smallest absolute Gasteiger partial charge is 0.0641 e. The minimum atomic E-state index is 0.691. The molecule has 1 aliphatic heterocycles. The molecule has 1 fully saturated rings. The maximum Gasteiger partial charge on any atom is 0.0641 e. The lowest BCUT2D eigenvalue weighted by Gasteiger charge is -2.41. The van der Waals surface area contributed by atoms with E-state index in [1.165, 1.54) is 43.0 Å². The summed E-state index contributed by atoms with van der Waals surface area (Å²) in [6.45, 7) is 17.0. The SMILES string of the molecule is CCCn1nc(C)c(CN(C)[C@H]2CCN(CC)C[C@@H]2C)c1C. The van der Waals surface area contributed by atoms with E-state index in [1.807, 2.05) is 0 Å². The molecule has 1 saturated heterocycles. The summed E-state index contributed by atoms with van der Waals surface area (Å²) in [5.41, 5.74) is 3.99. The van der Waals surface area contributed by atoms with Gasteiger partial charge in [-0.25, -0.2) is 0 Å². The first kappa shape index (κ1) is 17.5. The van der Waals surface area contributed by atoms with Crippen LogP contribution in [0.2, 0.25) is 0 Å². The van der Waals surface area contributed by atoms with Crippen LogP contribution in [0.4, 0.5) is 0 Å². The van der Waals surface area contributed by atoms with E-state index in [4.69, 9.17) is 5.10 Å². The molecule has 22 heavy (non-hydrogen) atoms. The maximum atomic E-state index is 4.72. The highest BCUT2D eigenvalue weighted by Crippen LogP contribution is 2.24. The Hall–Kier alpha value is -0.870. The molecule has 0 amide bonds. The van der Waals surface area contributed by atoms with E-state index >= 15 is 0 Å². The van der Waals surface area contributed by atoms with Gasteiger partial charge in [0.25, 0.3) is 0 Å². The van der Waals surface area contributed by atoms with Crippen molar-refractivity contribution in [2.24, 2.45) is 5.92 Å². The van der Waals surface area contributed by atoms with E-state index < -0.39 is 0 Å². The summed E-state index contributed by atoms with van der Waals surface area (Å²) in [4.78, 5) is 5.13. The molecule has 0 aromatic carbocycles. The van der Waals surface area contributed by atoms with Gasteiger partial charge in [0.15, 0.2) is 0 Å². The summed E-state index contributed by atoms with van der Waals surface area (Å²) in [5.74, 6) is 0.741. The lowest BCUT2D eigenvalue weighted by molar-refractivity contribution is 0.0785. The van der Waals surface area contributed by atoms with Gasteiger partial charge in [-0.05, 0) is 52.7 Å². The van der Waals surface area contributed by atoms with Gasteiger partial charge in [-0.2, -0.15) is 5.10 Å². The van der Waals surface area contributed by atoms with E-state index in [2.05, 4.69) is 56.1 Å². The van der Waals surface area contributed by atoms with Gasteiger partial charge < -0.3 is 4.90 Å². The van der Waals surface area contributed by atoms with Crippen LogP contribution < -0.4 is 0 Å². The third kappa shape index (κ3) is 3.72. The number of hydrogen-bond donors (Lipinski definition) is 0. The van der Waals surface area contributed by atoms with Crippen LogP contribution in [-0.2, 0) is 13.1 Å². The maximum absolute atomic E-state index is 4.72. The van der Waals surface area contributed by atoms with Gasteiger partial charge in [0.05, 0.1) is 5.69 Å². The fourth-order valence-corrected chi connectivity index (χ4v) is 3.92. The molecule has 0 saturated carbocycles. The van der Waals surface area contributed by atoms with E-state index in [0.717, 1.165) is 25.4 Å². The second kappa shape index (κ2) is 7.60. The van der Waals surface area contributed by atoms with Crippen molar-refractivity contribution in [2.45, 2.75) is 66.6 Å². The Morgan fingerprint density at radius 2 is 2.00 bits per heavy atom. The Morgan fingerprint density at radius 3 is 2.59 bits per heavy atom. The van der Waals surface area contributed by atoms with E-state index in [1.54, 1.807) is 0 Å². The average molecular weight is 306 g/mol. The van der Waals surface area contributed by atoms with Gasteiger partial charge in [-0.15, -0.1) is 0 Å². The molecular formula is C18H34N4. The molecule has 0 unspecified atom stereocenters. The van der Waals surface area contributed by atoms with Gasteiger partial charge in [-0.1, -0.05) is 20.8 Å². The Bertz CT molecular complexity index is 480. The monoisotopic (exact) mass is 306 g/mol. The molecule has 4 nitrogen and oxygen atoms in total. The van der Waals surface area contributed by atoms with Gasteiger partial charge >= 0.3 is 0 Å². The topological polar surface area (TPSA) is 24.3 Å². The largest absolute Gasteiger partial charge is 0.303 e. The van der Waals surface area contributed by atoms with Crippen LogP contribution in [0.3, 0.4) is 0 Å². The third-order valence-electron chi connectivity index (χ3n) is 5.33. The van der Waals surface area contributed by atoms with Crippen molar-refractivity contribution in [1.82, 2.24) is 19.6 Å². The van der Waals surface area contributed by atoms with E-state index in [0.29, 0.717) is 6.04 Å². The molecule has 2 atom stereocenters. The predicted molar refractivity (Wildman–Crippen MR) is 93.1 cm³/mol. The molecule has 2 heterocycles. The molecule has 4 heteroatoms. The zero-order valence-electron chi connectivity index (χ0n) is 15.4. The van der Waals surface area contributed by atoms with Gasteiger partial charge in [0.2, 0.25) is 0 Å². The molecule has 1 aromatic rings. The Balaban J connectivity index is 2.04. The molecule has 1 aliphatic rings. The van der Waals surface area contributed by atoms with Crippen LogP contribution >= 0.6 is 0 Å². The van der Waals surface area contributed by atoms with Crippen LogP contribution in [0.25, 0.3) is 0 Å². The highest BCUT2D eigenvalue weighted by molar-refractivity contribution is 5.24. The zero-order chi connectivity index (χ0) is 16.3. The number of nitrogens with zero attached hydrogens (tertiary/aromatic N) is 4. The van der Waals surface area contributed by atoms with Gasteiger partial charge in [0.1, 0.15) is 0 Å². The number of hydrogen-bond acceptors (Lipinski definition) is 3. The summed E-state index contributed by atoms with van der Waals surface area (Å²) >= 11 is 0. The van der Waals surface area contributed by atoms with Gasteiger partial charge in [-0.3, -0.25) is 9.58 Å². The van der Waals surface area contributed by atoms with E-state index in [-0.39, 0.29) is 0 Å². The predicted octanol–water partition coefficient (Wildman–Crippen LogP) is 3.07. The van der Waals surface area contributed by atoms with Crippen molar-refractivity contribution in [1.29, 1.82) is 0 Å². The molecule has 0 radical (unpaired) electrons. The van der Waals surface area contributed by atoms with E-state index in [9.17, 15) is 0 Å². The lowest BCUT2D eigenvalue weighted by Crippen LogP contribution is -2.48. The third-order valence-corrected chi connectivity index (χ3v) is 5.33. The molecular weight excluding hydrogens is 272 g/mol. The van der Waals surface area contributed by atoms with Crippen LogP contribution in [-0.4, -0.2) is 52.3 Å². The van der Waals surface area contributed by atoms with Crippen molar-refractivity contribution in [3.8, 4) is 0 Å². The van der Waals surface area contributed by atoms with Crippen molar-refractivity contribution < 1.29 is 0 Å². The molecule has 0 bridgehead atoms. The Labute approximate surface area is 136 Å². The molecule has 126 valence electrons. The normalized spacial score (nSPS) is 23.4.